The van der Waals surface area contributed by atoms with Crippen molar-refractivity contribution in [2.24, 2.45) is 5.41 Å². The maximum Gasteiger partial charge on any atom is 0.148 e. The van der Waals surface area contributed by atoms with Crippen LogP contribution < -0.4 is 5.32 Å². The van der Waals surface area contributed by atoms with E-state index in [9.17, 15) is 8.42 Å². The lowest BCUT2D eigenvalue weighted by Gasteiger charge is -2.24. The number of anilines is 1. The number of hydrogen-bond donors (Lipinski definition) is 1. The zero-order valence-corrected chi connectivity index (χ0v) is 13.3. The molecule has 0 aromatic carbocycles. The van der Waals surface area contributed by atoms with Crippen LogP contribution in [0.2, 0.25) is 0 Å². The van der Waals surface area contributed by atoms with Crippen molar-refractivity contribution in [2.75, 3.05) is 23.9 Å². The third-order valence-electron chi connectivity index (χ3n) is 2.89. The van der Waals surface area contributed by atoms with Crippen molar-refractivity contribution >= 4 is 15.7 Å². The Kier molecular flexibility index (Phi) is 4.55. The highest BCUT2D eigenvalue weighted by Gasteiger charge is 2.23. The fourth-order valence-electron chi connectivity index (χ4n) is 2.02. The summed E-state index contributed by atoms with van der Waals surface area (Å²) in [5.41, 5.74) is 1.60. The summed E-state index contributed by atoms with van der Waals surface area (Å²) in [6.45, 7) is 10.2. The molecule has 1 N–H and O–H groups in total. The molecule has 6 heteroatoms. The number of sulfone groups is 1. The van der Waals surface area contributed by atoms with Crippen LogP contribution in [0, 0.1) is 26.2 Å². The number of aryl methyl sites for hydroxylation is 2. The SMILES string of the molecule is Cc1nc(C)c(C)c(NCC(C)(C)CS(C)(=O)=O)n1. The molecule has 1 aromatic rings. The lowest BCUT2D eigenvalue weighted by molar-refractivity contribution is 0.439. The van der Waals surface area contributed by atoms with Gasteiger partial charge in [0.15, 0.2) is 0 Å². The van der Waals surface area contributed by atoms with Crippen LogP contribution in [0.4, 0.5) is 5.82 Å². The summed E-state index contributed by atoms with van der Waals surface area (Å²) in [6.07, 6.45) is 1.26. The van der Waals surface area contributed by atoms with Crippen LogP contribution in [-0.2, 0) is 9.84 Å². The molecule has 0 unspecified atom stereocenters. The minimum absolute atomic E-state index is 0.148. The maximum absolute atomic E-state index is 11.4. The first kappa shape index (κ1) is 15.9. The Labute approximate surface area is 115 Å². The van der Waals surface area contributed by atoms with Crippen molar-refractivity contribution in [3.05, 3.63) is 17.1 Å². The number of rotatable bonds is 5. The van der Waals surface area contributed by atoms with Crippen LogP contribution >= 0.6 is 0 Å². The summed E-state index contributed by atoms with van der Waals surface area (Å²) in [7, 11) is -2.99. The largest absolute Gasteiger partial charge is 0.369 e. The molecule has 0 spiro atoms. The van der Waals surface area contributed by atoms with Gasteiger partial charge in [-0.3, -0.25) is 0 Å². The van der Waals surface area contributed by atoms with Gasteiger partial charge in [0.25, 0.3) is 0 Å². The lowest BCUT2D eigenvalue weighted by atomic mass is 9.96. The molecule has 1 aromatic heterocycles. The van der Waals surface area contributed by atoms with Gasteiger partial charge in [-0.15, -0.1) is 0 Å². The van der Waals surface area contributed by atoms with Gasteiger partial charge in [-0.1, -0.05) is 13.8 Å². The first-order valence-electron chi connectivity index (χ1n) is 6.24. The van der Waals surface area contributed by atoms with E-state index in [0.29, 0.717) is 12.4 Å². The van der Waals surface area contributed by atoms with Gasteiger partial charge >= 0.3 is 0 Å². The highest BCUT2D eigenvalue weighted by Crippen LogP contribution is 2.21. The number of nitrogens with one attached hydrogen (secondary N) is 1. The second-order valence-electron chi connectivity index (χ2n) is 5.92. The molecular weight excluding hydrogens is 262 g/mol. The third-order valence-corrected chi connectivity index (χ3v) is 4.19. The van der Waals surface area contributed by atoms with E-state index in [1.807, 2.05) is 34.6 Å². The van der Waals surface area contributed by atoms with Crippen LogP contribution in [0.5, 0.6) is 0 Å². The van der Waals surface area contributed by atoms with Gasteiger partial charge in [-0.25, -0.2) is 18.4 Å². The summed E-state index contributed by atoms with van der Waals surface area (Å²) in [5, 5.41) is 3.24. The quantitative estimate of drug-likeness (QED) is 0.894. The second kappa shape index (κ2) is 5.45. The highest BCUT2D eigenvalue weighted by atomic mass is 32.2. The average Bonchev–Trinajstić information content (AvgIpc) is 2.17. The number of aromatic nitrogens is 2. The lowest BCUT2D eigenvalue weighted by Crippen LogP contribution is -2.31. The zero-order valence-electron chi connectivity index (χ0n) is 12.5. The number of nitrogens with zero attached hydrogens (tertiary/aromatic N) is 2. The fraction of sp³-hybridized carbons (Fsp3) is 0.692. The van der Waals surface area contributed by atoms with Gasteiger partial charge in [0.2, 0.25) is 0 Å². The van der Waals surface area contributed by atoms with Crippen molar-refractivity contribution < 1.29 is 8.42 Å². The van der Waals surface area contributed by atoms with Crippen LogP contribution in [0.25, 0.3) is 0 Å². The maximum atomic E-state index is 11.4. The molecule has 19 heavy (non-hydrogen) atoms. The van der Waals surface area contributed by atoms with Gasteiger partial charge in [-0.2, -0.15) is 0 Å². The molecule has 0 saturated heterocycles. The molecule has 0 bridgehead atoms. The Hall–Kier alpha value is -1.17. The molecular formula is C13H23N3O2S. The summed E-state index contributed by atoms with van der Waals surface area (Å²) < 4.78 is 22.8. The van der Waals surface area contributed by atoms with Crippen LogP contribution in [0.1, 0.15) is 30.9 Å². The Morgan fingerprint density at radius 3 is 2.26 bits per heavy atom. The molecule has 0 fully saturated rings. The van der Waals surface area contributed by atoms with Crippen molar-refractivity contribution in [3.8, 4) is 0 Å². The van der Waals surface area contributed by atoms with Crippen molar-refractivity contribution in [3.63, 3.8) is 0 Å². The predicted molar refractivity (Wildman–Crippen MR) is 78.2 cm³/mol. The van der Waals surface area contributed by atoms with E-state index >= 15 is 0 Å². The monoisotopic (exact) mass is 285 g/mol. The van der Waals surface area contributed by atoms with Crippen LogP contribution in [0.15, 0.2) is 0 Å². The van der Waals surface area contributed by atoms with Gasteiger partial charge in [0.05, 0.1) is 5.75 Å². The van der Waals surface area contributed by atoms with Gasteiger partial charge in [0, 0.05) is 24.1 Å². The van der Waals surface area contributed by atoms with Crippen LogP contribution in [0.3, 0.4) is 0 Å². The third kappa shape index (κ3) is 5.14. The van der Waals surface area contributed by atoms with Gasteiger partial charge in [-0.05, 0) is 26.2 Å². The van der Waals surface area contributed by atoms with E-state index in [4.69, 9.17) is 0 Å². The molecule has 0 aliphatic carbocycles. The van der Waals surface area contributed by atoms with Crippen LogP contribution in [-0.4, -0.2) is 36.9 Å². The van der Waals surface area contributed by atoms with E-state index in [1.165, 1.54) is 6.26 Å². The minimum atomic E-state index is -2.99. The summed E-state index contributed by atoms with van der Waals surface area (Å²) in [5.74, 6) is 1.65. The molecule has 0 aliphatic rings. The molecule has 108 valence electrons. The van der Waals surface area contributed by atoms with E-state index in [0.717, 1.165) is 17.1 Å². The smallest absolute Gasteiger partial charge is 0.148 e. The highest BCUT2D eigenvalue weighted by molar-refractivity contribution is 7.90. The van der Waals surface area contributed by atoms with Crippen molar-refractivity contribution in [2.45, 2.75) is 34.6 Å². The standard InChI is InChI=1S/C13H23N3O2S/c1-9-10(2)15-11(3)16-12(9)14-7-13(4,5)8-19(6,17)18/h7-8H2,1-6H3,(H,14,15,16). The molecule has 1 heterocycles. The normalized spacial score (nSPS) is 12.5. The molecule has 1 rings (SSSR count). The fourth-order valence-corrected chi connectivity index (χ4v) is 3.55. The molecule has 0 amide bonds. The summed E-state index contributed by atoms with van der Waals surface area (Å²) >= 11 is 0. The Balaban J connectivity index is 2.82. The summed E-state index contributed by atoms with van der Waals surface area (Å²) in [4.78, 5) is 8.65. The molecule has 0 aliphatic heterocycles. The average molecular weight is 285 g/mol. The molecule has 5 nitrogen and oxygen atoms in total. The molecule has 0 atom stereocenters. The topological polar surface area (TPSA) is 72.0 Å². The van der Waals surface area contributed by atoms with Gasteiger partial charge < -0.3 is 5.32 Å². The second-order valence-corrected chi connectivity index (χ2v) is 8.06. The number of hydrogen-bond acceptors (Lipinski definition) is 5. The van der Waals surface area contributed by atoms with Crippen molar-refractivity contribution in [1.29, 1.82) is 0 Å². The van der Waals surface area contributed by atoms with Gasteiger partial charge in [0.1, 0.15) is 21.5 Å². The van der Waals surface area contributed by atoms with E-state index in [2.05, 4.69) is 15.3 Å². The predicted octanol–water partition coefficient (Wildman–Crippen LogP) is 1.88. The van der Waals surface area contributed by atoms with Crippen molar-refractivity contribution in [1.82, 2.24) is 9.97 Å². The Morgan fingerprint density at radius 1 is 1.16 bits per heavy atom. The Bertz CT molecular complexity index is 565. The first-order chi connectivity index (χ1) is 8.50. The first-order valence-corrected chi connectivity index (χ1v) is 8.30. The van der Waals surface area contributed by atoms with E-state index in [-0.39, 0.29) is 11.2 Å². The minimum Gasteiger partial charge on any atom is -0.369 e. The molecule has 0 saturated carbocycles. The summed E-state index contributed by atoms with van der Waals surface area (Å²) in [6, 6.07) is 0. The zero-order chi connectivity index (χ0) is 14.8. The molecule has 0 radical (unpaired) electrons. The van der Waals surface area contributed by atoms with E-state index < -0.39 is 9.84 Å². The Morgan fingerprint density at radius 2 is 1.74 bits per heavy atom. The van der Waals surface area contributed by atoms with E-state index in [1.54, 1.807) is 0 Å².